The summed E-state index contributed by atoms with van der Waals surface area (Å²) in [7, 11) is 1.59. The Morgan fingerprint density at radius 2 is 1.95 bits per heavy atom. The molecule has 5 heteroatoms. The van der Waals surface area contributed by atoms with Crippen LogP contribution in [0.25, 0.3) is 0 Å². The van der Waals surface area contributed by atoms with E-state index in [1.54, 1.807) is 13.2 Å². The number of rotatable bonds is 4. The predicted molar refractivity (Wildman–Crippen MR) is 73.6 cm³/mol. The molecule has 100 valence electrons. The summed E-state index contributed by atoms with van der Waals surface area (Å²) in [5, 5.41) is 0.0881. The summed E-state index contributed by atoms with van der Waals surface area (Å²) < 4.78 is 18.7. The molecule has 1 unspecified atom stereocenters. The molecular weight excluding hydrogens is 267 g/mol. The third kappa shape index (κ3) is 3.04. The van der Waals surface area contributed by atoms with Gasteiger partial charge in [-0.15, -0.1) is 0 Å². The Morgan fingerprint density at radius 3 is 2.58 bits per heavy atom. The quantitative estimate of drug-likeness (QED) is 0.668. The Bertz CT molecular complexity index is 577. The largest absolute Gasteiger partial charge is 0.497 e. The molecule has 0 radical (unpaired) electrons. The average molecular weight is 281 g/mol. The molecule has 3 N–H and O–H groups in total. The molecule has 0 aromatic heterocycles. The van der Waals surface area contributed by atoms with E-state index in [-0.39, 0.29) is 11.1 Å². The number of nitrogens with two attached hydrogens (primary N) is 1. The van der Waals surface area contributed by atoms with Crippen molar-refractivity contribution in [2.45, 2.75) is 6.04 Å². The van der Waals surface area contributed by atoms with Gasteiger partial charge in [-0.05, 0) is 35.4 Å². The molecule has 2 aromatic rings. The van der Waals surface area contributed by atoms with Gasteiger partial charge in [0.1, 0.15) is 11.6 Å². The minimum Gasteiger partial charge on any atom is -0.497 e. The maximum absolute atomic E-state index is 13.5. The molecular formula is C14H14ClFN2O. The number of hydrogen-bond acceptors (Lipinski definition) is 3. The molecule has 0 aliphatic rings. The van der Waals surface area contributed by atoms with Crippen LogP contribution < -0.4 is 16.0 Å². The zero-order chi connectivity index (χ0) is 13.8. The van der Waals surface area contributed by atoms with Crippen LogP contribution in [0.1, 0.15) is 17.2 Å². The molecule has 0 amide bonds. The molecule has 0 aliphatic heterocycles. The van der Waals surface area contributed by atoms with Gasteiger partial charge in [0.05, 0.1) is 18.2 Å². The van der Waals surface area contributed by atoms with Gasteiger partial charge in [-0.3, -0.25) is 5.84 Å². The van der Waals surface area contributed by atoms with Gasteiger partial charge < -0.3 is 4.74 Å². The number of hydrazine groups is 1. The van der Waals surface area contributed by atoms with Crippen molar-refractivity contribution < 1.29 is 9.13 Å². The highest BCUT2D eigenvalue weighted by atomic mass is 35.5. The van der Waals surface area contributed by atoms with Gasteiger partial charge in [0.15, 0.2) is 0 Å². The number of benzene rings is 2. The van der Waals surface area contributed by atoms with Crippen molar-refractivity contribution in [2.24, 2.45) is 5.84 Å². The Labute approximate surface area is 116 Å². The summed E-state index contributed by atoms with van der Waals surface area (Å²) in [6, 6.07) is 11.7. The van der Waals surface area contributed by atoms with Crippen molar-refractivity contribution in [3.8, 4) is 5.75 Å². The summed E-state index contributed by atoms with van der Waals surface area (Å²) in [5.41, 5.74) is 4.24. The second-order valence-electron chi connectivity index (χ2n) is 4.05. The molecule has 0 fully saturated rings. The second kappa shape index (κ2) is 6.02. The van der Waals surface area contributed by atoms with Crippen molar-refractivity contribution in [3.63, 3.8) is 0 Å². The van der Waals surface area contributed by atoms with Gasteiger partial charge in [0.2, 0.25) is 0 Å². The van der Waals surface area contributed by atoms with Crippen LogP contribution in [0.15, 0.2) is 42.5 Å². The van der Waals surface area contributed by atoms with Crippen LogP contribution in [0, 0.1) is 5.82 Å². The van der Waals surface area contributed by atoms with Crippen LogP contribution in [-0.4, -0.2) is 7.11 Å². The minimum absolute atomic E-state index is 0.0881. The highest BCUT2D eigenvalue weighted by Crippen LogP contribution is 2.26. The van der Waals surface area contributed by atoms with Crippen LogP contribution in [0.3, 0.4) is 0 Å². The summed E-state index contributed by atoms with van der Waals surface area (Å²) in [6.45, 7) is 0. The first-order chi connectivity index (χ1) is 9.15. The Kier molecular flexibility index (Phi) is 4.37. The lowest BCUT2D eigenvalue weighted by atomic mass is 9.99. The van der Waals surface area contributed by atoms with Gasteiger partial charge >= 0.3 is 0 Å². The lowest BCUT2D eigenvalue weighted by Crippen LogP contribution is -2.28. The zero-order valence-electron chi connectivity index (χ0n) is 10.4. The molecule has 0 bridgehead atoms. The first kappa shape index (κ1) is 13.8. The van der Waals surface area contributed by atoms with Crippen molar-refractivity contribution >= 4 is 11.6 Å². The third-order valence-corrected chi connectivity index (χ3v) is 3.18. The van der Waals surface area contributed by atoms with Crippen LogP contribution in [0.2, 0.25) is 5.02 Å². The second-order valence-corrected chi connectivity index (χ2v) is 4.46. The summed E-state index contributed by atoms with van der Waals surface area (Å²) in [5.74, 6) is 5.82. The normalized spacial score (nSPS) is 12.2. The van der Waals surface area contributed by atoms with Gasteiger partial charge in [0, 0.05) is 0 Å². The van der Waals surface area contributed by atoms with E-state index in [4.69, 9.17) is 22.2 Å². The van der Waals surface area contributed by atoms with E-state index >= 15 is 0 Å². The lowest BCUT2D eigenvalue weighted by molar-refractivity contribution is 0.413. The highest BCUT2D eigenvalue weighted by Gasteiger charge is 2.14. The number of halogens is 2. The predicted octanol–water partition coefficient (Wildman–Crippen LogP) is 3.04. The fraction of sp³-hybridized carbons (Fsp3) is 0.143. The highest BCUT2D eigenvalue weighted by molar-refractivity contribution is 6.30. The van der Waals surface area contributed by atoms with Gasteiger partial charge in [-0.1, -0.05) is 29.8 Å². The number of methoxy groups -OCH3 is 1. The number of hydrogen-bond donors (Lipinski definition) is 2. The molecule has 1 atom stereocenters. The van der Waals surface area contributed by atoms with Gasteiger partial charge in [0.25, 0.3) is 0 Å². The minimum atomic E-state index is -0.470. The van der Waals surface area contributed by atoms with E-state index in [9.17, 15) is 4.39 Å². The maximum Gasteiger partial charge on any atom is 0.142 e. The van der Waals surface area contributed by atoms with Crippen LogP contribution in [0.4, 0.5) is 4.39 Å². The van der Waals surface area contributed by atoms with E-state index < -0.39 is 5.82 Å². The summed E-state index contributed by atoms with van der Waals surface area (Å²) in [6.07, 6.45) is 0. The fourth-order valence-electron chi connectivity index (χ4n) is 1.90. The SMILES string of the molecule is COc1cccc(C(NN)c2ccc(Cl)c(F)c2)c1. The maximum atomic E-state index is 13.5. The van der Waals surface area contributed by atoms with Gasteiger partial charge in [-0.2, -0.15) is 0 Å². The van der Waals surface area contributed by atoms with E-state index in [2.05, 4.69) is 5.43 Å². The molecule has 2 aromatic carbocycles. The van der Waals surface area contributed by atoms with E-state index in [1.807, 2.05) is 24.3 Å². The monoisotopic (exact) mass is 280 g/mol. The first-order valence-electron chi connectivity index (χ1n) is 5.70. The van der Waals surface area contributed by atoms with E-state index in [0.717, 1.165) is 5.56 Å². The Balaban J connectivity index is 2.40. The smallest absolute Gasteiger partial charge is 0.142 e. The standard InChI is InChI=1S/C14H14ClFN2O/c1-19-11-4-2-3-9(7-11)14(18-17)10-5-6-12(15)13(16)8-10/h2-8,14,18H,17H2,1H3. The summed E-state index contributed by atoms with van der Waals surface area (Å²) >= 11 is 5.68. The van der Waals surface area contributed by atoms with Crippen molar-refractivity contribution in [1.82, 2.24) is 5.43 Å². The lowest BCUT2D eigenvalue weighted by Gasteiger charge is -2.18. The van der Waals surface area contributed by atoms with Crippen LogP contribution >= 0.6 is 11.6 Å². The third-order valence-electron chi connectivity index (χ3n) is 2.87. The molecule has 0 heterocycles. The van der Waals surface area contributed by atoms with Crippen molar-refractivity contribution in [1.29, 1.82) is 0 Å². The number of ether oxygens (including phenoxy) is 1. The number of nitrogens with one attached hydrogen (secondary N) is 1. The van der Waals surface area contributed by atoms with E-state index in [1.165, 1.54) is 12.1 Å². The first-order valence-corrected chi connectivity index (χ1v) is 6.08. The topological polar surface area (TPSA) is 47.3 Å². The molecule has 3 nitrogen and oxygen atoms in total. The van der Waals surface area contributed by atoms with Crippen molar-refractivity contribution in [2.75, 3.05) is 7.11 Å². The van der Waals surface area contributed by atoms with E-state index in [0.29, 0.717) is 11.3 Å². The molecule has 0 aliphatic carbocycles. The molecule has 0 saturated carbocycles. The summed E-state index contributed by atoms with van der Waals surface area (Å²) in [4.78, 5) is 0. The van der Waals surface area contributed by atoms with Crippen LogP contribution in [-0.2, 0) is 0 Å². The van der Waals surface area contributed by atoms with Gasteiger partial charge in [-0.25, -0.2) is 9.82 Å². The Hall–Kier alpha value is -1.62. The van der Waals surface area contributed by atoms with Crippen molar-refractivity contribution in [3.05, 3.63) is 64.4 Å². The zero-order valence-corrected chi connectivity index (χ0v) is 11.1. The molecule has 2 rings (SSSR count). The molecule has 0 spiro atoms. The average Bonchev–Trinajstić information content (AvgIpc) is 2.44. The molecule has 19 heavy (non-hydrogen) atoms. The molecule has 0 saturated heterocycles. The Morgan fingerprint density at radius 1 is 1.21 bits per heavy atom. The van der Waals surface area contributed by atoms with Crippen LogP contribution in [0.5, 0.6) is 5.75 Å². The fourth-order valence-corrected chi connectivity index (χ4v) is 2.02.